The van der Waals surface area contributed by atoms with Crippen LogP contribution in [0.4, 0.5) is 0 Å². The minimum Gasteiger partial charge on any atom is -0.508 e. The van der Waals surface area contributed by atoms with Crippen LogP contribution in [0, 0.1) is 0 Å². The lowest BCUT2D eigenvalue weighted by Crippen LogP contribution is -2.36. The van der Waals surface area contributed by atoms with Crippen molar-refractivity contribution in [2.24, 2.45) is 0 Å². The zero-order chi connectivity index (χ0) is 22.1. The number of phenolic OH excluding ortho intramolecular Hbond substituents is 3. The first-order valence-corrected chi connectivity index (χ1v) is 10.1. The summed E-state index contributed by atoms with van der Waals surface area (Å²) in [6.45, 7) is -0.303. The quantitative estimate of drug-likeness (QED) is 0.401. The van der Waals surface area contributed by atoms with Gasteiger partial charge in [0.2, 0.25) is 0 Å². The third-order valence-electron chi connectivity index (χ3n) is 4.78. The van der Waals surface area contributed by atoms with Crippen LogP contribution in [-0.4, -0.2) is 33.1 Å². The van der Waals surface area contributed by atoms with Gasteiger partial charge >= 0.3 is 0 Å². The van der Waals surface area contributed by atoms with Gasteiger partial charge in [-0.05, 0) is 53.1 Å². The van der Waals surface area contributed by atoms with Gasteiger partial charge in [-0.2, -0.15) is 0 Å². The highest BCUT2D eigenvalue weighted by atomic mass is 35.5. The van der Waals surface area contributed by atoms with Gasteiger partial charge in [0.1, 0.15) is 11.5 Å². The number of fused-ring (bicyclic) bond motifs is 1. The molecule has 0 radical (unpaired) electrons. The minimum absolute atomic E-state index is 0.0362. The highest BCUT2D eigenvalue weighted by molar-refractivity contribution is 6.37. The van der Waals surface area contributed by atoms with E-state index in [9.17, 15) is 20.4 Å². The van der Waals surface area contributed by atoms with Crippen molar-refractivity contribution in [2.75, 3.05) is 6.61 Å². The number of rotatable bonds is 4. The van der Waals surface area contributed by atoms with Crippen molar-refractivity contribution >= 4 is 35.4 Å². The first-order chi connectivity index (χ1) is 14.8. The van der Waals surface area contributed by atoms with E-state index in [2.05, 4.69) is 0 Å². The van der Waals surface area contributed by atoms with Crippen LogP contribution in [0.25, 0.3) is 12.2 Å². The maximum atomic E-state index is 9.81. The maximum Gasteiger partial charge on any atom is 0.163 e. The molecule has 6 nitrogen and oxygen atoms in total. The molecule has 0 spiro atoms. The van der Waals surface area contributed by atoms with Gasteiger partial charge in [0.25, 0.3) is 0 Å². The fourth-order valence-corrected chi connectivity index (χ4v) is 3.83. The Bertz CT molecular complexity index is 1120. The van der Waals surface area contributed by atoms with Crippen molar-refractivity contribution in [1.82, 2.24) is 0 Å². The minimum atomic E-state index is -0.699. The van der Waals surface area contributed by atoms with Gasteiger partial charge in [0, 0.05) is 6.07 Å². The smallest absolute Gasteiger partial charge is 0.163 e. The highest BCUT2D eigenvalue weighted by Crippen LogP contribution is 2.43. The van der Waals surface area contributed by atoms with E-state index in [0.717, 1.165) is 5.56 Å². The Morgan fingerprint density at radius 2 is 1.42 bits per heavy atom. The predicted octanol–water partition coefficient (Wildman–Crippen LogP) is 5.15. The van der Waals surface area contributed by atoms with Gasteiger partial charge in [0.15, 0.2) is 29.5 Å². The zero-order valence-corrected chi connectivity index (χ0v) is 17.5. The molecular weight excluding hydrogens is 443 g/mol. The number of ether oxygens (including phenoxy) is 2. The third-order valence-corrected chi connectivity index (χ3v) is 5.35. The lowest BCUT2D eigenvalue weighted by atomic mass is 10.0. The second kappa shape index (κ2) is 8.59. The molecule has 0 amide bonds. The summed E-state index contributed by atoms with van der Waals surface area (Å²) in [5.41, 5.74) is 1.96. The van der Waals surface area contributed by atoms with Crippen molar-refractivity contribution in [3.63, 3.8) is 0 Å². The standard InChI is InChI=1S/C23H18Cl2O6/c24-17-8-14(9-18(25)22(17)29)23-21(11-26)30-19-4-3-12(7-20(19)31-23)1-2-13-5-15(27)10-16(28)6-13/h1-10,21,23,26-29H,11H2/b2-1+/t21-,23-/m0/s1. The molecule has 160 valence electrons. The topological polar surface area (TPSA) is 99.4 Å². The SMILES string of the molecule is OC[C@@H]1Oc2ccc(/C=C/c3cc(O)cc(O)c3)cc2O[C@H]1c1cc(Cl)c(O)c(Cl)c1. The molecule has 0 bridgehead atoms. The Kier molecular flexibility index (Phi) is 5.87. The third kappa shape index (κ3) is 4.51. The van der Waals surface area contributed by atoms with Crippen LogP contribution in [0.3, 0.4) is 0 Å². The molecule has 0 saturated carbocycles. The molecule has 1 aliphatic rings. The molecule has 3 aromatic carbocycles. The summed E-state index contributed by atoms with van der Waals surface area (Å²) < 4.78 is 12.0. The summed E-state index contributed by atoms with van der Waals surface area (Å²) in [5, 5.41) is 38.9. The number of aliphatic hydroxyl groups excluding tert-OH is 1. The number of phenols is 3. The van der Waals surface area contributed by atoms with E-state index >= 15 is 0 Å². The number of benzene rings is 3. The molecule has 4 N–H and O–H groups in total. The Morgan fingerprint density at radius 1 is 0.774 bits per heavy atom. The van der Waals surface area contributed by atoms with Crippen LogP contribution < -0.4 is 9.47 Å². The number of hydrogen-bond acceptors (Lipinski definition) is 6. The number of aromatic hydroxyl groups is 3. The molecule has 0 aromatic heterocycles. The van der Waals surface area contributed by atoms with E-state index in [-0.39, 0.29) is 33.9 Å². The van der Waals surface area contributed by atoms with Crippen LogP contribution in [0.2, 0.25) is 10.0 Å². The summed E-state index contributed by atoms with van der Waals surface area (Å²) in [7, 11) is 0. The van der Waals surface area contributed by atoms with Gasteiger partial charge in [-0.1, -0.05) is 41.4 Å². The first kappa shape index (κ1) is 21.2. The van der Waals surface area contributed by atoms with Gasteiger partial charge in [-0.15, -0.1) is 0 Å². The first-order valence-electron chi connectivity index (χ1n) is 9.31. The van der Waals surface area contributed by atoms with Crippen LogP contribution in [0.15, 0.2) is 48.5 Å². The largest absolute Gasteiger partial charge is 0.508 e. The van der Waals surface area contributed by atoms with Crippen LogP contribution in [0.1, 0.15) is 22.8 Å². The Balaban J connectivity index is 1.64. The molecule has 0 unspecified atom stereocenters. The van der Waals surface area contributed by atoms with Crippen molar-refractivity contribution in [3.8, 4) is 28.7 Å². The molecule has 0 fully saturated rings. The fraction of sp³-hybridized carbons (Fsp3) is 0.130. The van der Waals surface area contributed by atoms with Gasteiger partial charge < -0.3 is 29.9 Å². The predicted molar refractivity (Wildman–Crippen MR) is 118 cm³/mol. The summed E-state index contributed by atoms with van der Waals surface area (Å²) >= 11 is 12.1. The van der Waals surface area contributed by atoms with Crippen molar-refractivity contribution in [3.05, 3.63) is 75.3 Å². The molecular formula is C23H18Cl2O6. The Morgan fingerprint density at radius 3 is 2.06 bits per heavy atom. The molecule has 2 atom stereocenters. The summed E-state index contributed by atoms with van der Waals surface area (Å²) in [4.78, 5) is 0. The van der Waals surface area contributed by atoms with E-state index in [0.29, 0.717) is 22.6 Å². The highest BCUT2D eigenvalue weighted by Gasteiger charge is 2.33. The second-order valence-electron chi connectivity index (χ2n) is 7.03. The molecule has 1 heterocycles. The number of aliphatic hydroxyl groups is 1. The maximum absolute atomic E-state index is 9.81. The number of halogens is 2. The summed E-state index contributed by atoms with van der Waals surface area (Å²) in [6, 6.07) is 12.6. The monoisotopic (exact) mass is 460 g/mol. The normalized spacial score (nSPS) is 17.8. The molecule has 8 heteroatoms. The Hall–Kier alpha value is -3.06. The van der Waals surface area contributed by atoms with E-state index in [4.69, 9.17) is 32.7 Å². The average molecular weight is 461 g/mol. The molecule has 0 saturated heterocycles. The van der Waals surface area contributed by atoms with Gasteiger partial charge in [0.05, 0.1) is 16.7 Å². The van der Waals surface area contributed by atoms with Crippen molar-refractivity contribution in [2.45, 2.75) is 12.2 Å². The van der Waals surface area contributed by atoms with Gasteiger partial charge in [-0.25, -0.2) is 0 Å². The summed E-state index contributed by atoms with van der Waals surface area (Å²) in [6.07, 6.45) is 2.13. The van der Waals surface area contributed by atoms with E-state index < -0.39 is 12.2 Å². The number of hydrogen-bond donors (Lipinski definition) is 4. The van der Waals surface area contributed by atoms with E-state index in [1.807, 2.05) is 6.07 Å². The van der Waals surface area contributed by atoms with Crippen molar-refractivity contribution in [1.29, 1.82) is 0 Å². The van der Waals surface area contributed by atoms with E-state index in [1.54, 1.807) is 24.3 Å². The van der Waals surface area contributed by atoms with Gasteiger partial charge in [-0.3, -0.25) is 0 Å². The molecule has 31 heavy (non-hydrogen) atoms. The van der Waals surface area contributed by atoms with E-state index in [1.165, 1.54) is 30.3 Å². The zero-order valence-electron chi connectivity index (χ0n) is 16.0. The van der Waals surface area contributed by atoms with Crippen LogP contribution in [0.5, 0.6) is 28.7 Å². The van der Waals surface area contributed by atoms with Crippen molar-refractivity contribution < 1.29 is 29.9 Å². The van der Waals surface area contributed by atoms with Crippen LogP contribution >= 0.6 is 23.2 Å². The molecule has 4 rings (SSSR count). The summed E-state index contributed by atoms with van der Waals surface area (Å²) in [5.74, 6) is 0.626. The molecule has 1 aliphatic heterocycles. The Labute approximate surface area is 188 Å². The average Bonchev–Trinajstić information content (AvgIpc) is 2.74. The molecule has 0 aliphatic carbocycles. The second-order valence-corrected chi connectivity index (χ2v) is 7.85. The van der Waals surface area contributed by atoms with Crippen LogP contribution in [-0.2, 0) is 0 Å². The molecule has 3 aromatic rings. The lowest BCUT2D eigenvalue weighted by Gasteiger charge is -2.33. The fourth-order valence-electron chi connectivity index (χ4n) is 3.33. The lowest BCUT2D eigenvalue weighted by molar-refractivity contribution is -0.0123.